The lowest BCUT2D eigenvalue weighted by molar-refractivity contribution is -0.113. The van der Waals surface area contributed by atoms with E-state index in [1.165, 1.54) is 29.5 Å². The van der Waals surface area contributed by atoms with Crippen molar-refractivity contribution in [2.24, 2.45) is 5.92 Å². The van der Waals surface area contributed by atoms with E-state index in [1.807, 2.05) is 6.07 Å². The van der Waals surface area contributed by atoms with Crippen LogP contribution in [0.3, 0.4) is 0 Å². The maximum Gasteiger partial charge on any atom is 0.234 e. The van der Waals surface area contributed by atoms with Crippen LogP contribution < -0.4 is 10.2 Å². The van der Waals surface area contributed by atoms with Crippen molar-refractivity contribution in [1.82, 2.24) is 9.97 Å². The van der Waals surface area contributed by atoms with Gasteiger partial charge in [0.05, 0.1) is 11.4 Å². The first-order chi connectivity index (χ1) is 15.2. The first-order valence-electron chi connectivity index (χ1n) is 10.5. The topological polar surface area (TPSA) is 58.1 Å². The molecule has 1 saturated heterocycles. The maximum absolute atomic E-state index is 13.7. The number of rotatable bonds is 7. The molecule has 1 N–H and O–H groups in total. The molecule has 1 amide bonds. The van der Waals surface area contributed by atoms with E-state index in [0.717, 1.165) is 38.2 Å². The molecule has 7 heteroatoms. The average Bonchev–Trinajstić information content (AvgIpc) is 2.81. The van der Waals surface area contributed by atoms with Crippen molar-refractivity contribution in [3.63, 3.8) is 0 Å². The maximum atomic E-state index is 13.7. The van der Waals surface area contributed by atoms with Crippen molar-refractivity contribution in [2.75, 3.05) is 29.1 Å². The van der Waals surface area contributed by atoms with E-state index in [4.69, 9.17) is 0 Å². The molecule has 1 fully saturated rings. The lowest BCUT2D eigenvalue weighted by Gasteiger charge is -2.33. The van der Waals surface area contributed by atoms with Crippen LogP contribution in [0.1, 0.15) is 18.4 Å². The summed E-state index contributed by atoms with van der Waals surface area (Å²) in [5.41, 5.74) is 1.58. The van der Waals surface area contributed by atoms with Gasteiger partial charge in [-0.15, -0.1) is 0 Å². The molecule has 0 aliphatic carbocycles. The summed E-state index contributed by atoms with van der Waals surface area (Å²) in [6, 6.07) is 18.7. The molecular weight excluding hydrogens is 411 g/mol. The predicted molar refractivity (Wildman–Crippen MR) is 123 cm³/mol. The van der Waals surface area contributed by atoms with Gasteiger partial charge >= 0.3 is 0 Å². The van der Waals surface area contributed by atoms with E-state index in [2.05, 4.69) is 50.5 Å². The lowest BCUT2D eigenvalue weighted by atomic mass is 9.90. The third-order valence-corrected chi connectivity index (χ3v) is 6.27. The lowest BCUT2D eigenvalue weighted by Crippen LogP contribution is -2.35. The number of hydrogen-bond donors (Lipinski definition) is 1. The molecule has 1 aliphatic rings. The predicted octanol–water partition coefficient (Wildman–Crippen LogP) is 4.81. The molecule has 0 bridgehead atoms. The molecule has 2 heterocycles. The van der Waals surface area contributed by atoms with Crippen molar-refractivity contribution in [3.05, 3.63) is 78.2 Å². The zero-order valence-electron chi connectivity index (χ0n) is 17.2. The van der Waals surface area contributed by atoms with Gasteiger partial charge in [-0.2, -0.15) is 0 Å². The van der Waals surface area contributed by atoms with Gasteiger partial charge in [-0.05, 0) is 48.9 Å². The minimum Gasteiger partial charge on any atom is -0.356 e. The van der Waals surface area contributed by atoms with Gasteiger partial charge in [0.2, 0.25) is 5.91 Å². The van der Waals surface area contributed by atoms with Gasteiger partial charge in [-0.25, -0.2) is 14.4 Å². The van der Waals surface area contributed by atoms with Crippen molar-refractivity contribution in [3.8, 4) is 0 Å². The monoisotopic (exact) mass is 436 g/mol. The molecule has 0 unspecified atom stereocenters. The second-order valence-electron chi connectivity index (χ2n) is 7.63. The van der Waals surface area contributed by atoms with E-state index in [1.54, 1.807) is 18.3 Å². The Labute approximate surface area is 186 Å². The Balaban J connectivity index is 1.27. The van der Waals surface area contributed by atoms with E-state index < -0.39 is 5.82 Å². The fourth-order valence-electron chi connectivity index (χ4n) is 3.77. The fraction of sp³-hybridized carbons (Fsp3) is 0.292. The Morgan fingerprint density at radius 3 is 2.58 bits per heavy atom. The number of carbonyl (C=O) groups is 1. The number of carbonyl (C=O) groups excluding carboxylic acids is 1. The molecule has 0 radical (unpaired) electrons. The number of anilines is 2. The zero-order chi connectivity index (χ0) is 21.5. The molecule has 3 aromatic rings. The fourth-order valence-corrected chi connectivity index (χ4v) is 4.40. The van der Waals surface area contributed by atoms with E-state index in [0.29, 0.717) is 11.1 Å². The molecule has 1 aliphatic heterocycles. The first kappa shape index (κ1) is 21.3. The second kappa shape index (κ2) is 10.4. The Morgan fingerprint density at radius 2 is 1.81 bits per heavy atom. The number of amides is 1. The highest BCUT2D eigenvalue weighted by atomic mass is 32.2. The van der Waals surface area contributed by atoms with Crippen LogP contribution in [0.4, 0.5) is 15.9 Å². The molecule has 2 aromatic carbocycles. The van der Waals surface area contributed by atoms with Crippen molar-refractivity contribution in [1.29, 1.82) is 0 Å². The molecule has 0 saturated carbocycles. The largest absolute Gasteiger partial charge is 0.356 e. The number of piperidine rings is 1. The number of hydrogen-bond acceptors (Lipinski definition) is 5. The Morgan fingerprint density at radius 1 is 1.06 bits per heavy atom. The van der Waals surface area contributed by atoms with Gasteiger partial charge in [-0.3, -0.25) is 4.79 Å². The van der Waals surface area contributed by atoms with Crippen LogP contribution in [0, 0.1) is 11.7 Å². The Bertz CT molecular complexity index is 1010. The van der Waals surface area contributed by atoms with E-state index in [-0.39, 0.29) is 17.3 Å². The summed E-state index contributed by atoms with van der Waals surface area (Å²) in [7, 11) is 0. The number of thioether (sulfide) groups is 1. The number of nitrogens with one attached hydrogen (secondary N) is 1. The molecule has 1 aromatic heterocycles. The summed E-state index contributed by atoms with van der Waals surface area (Å²) in [6.07, 6.45) is 5.12. The SMILES string of the molecule is O=C(CSc1nccc(N2CCC(Cc3ccccc3)CC2)n1)Nc1ccccc1F. The Hall–Kier alpha value is -2.93. The number of benzene rings is 2. The molecule has 5 nitrogen and oxygen atoms in total. The number of nitrogens with zero attached hydrogens (tertiary/aromatic N) is 3. The van der Waals surface area contributed by atoms with Gasteiger partial charge in [0, 0.05) is 19.3 Å². The molecule has 31 heavy (non-hydrogen) atoms. The van der Waals surface area contributed by atoms with Crippen LogP contribution in [-0.2, 0) is 11.2 Å². The van der Waals surface area contributed by atoms with Crippen LogP contribution in [0.2, 0.25) is 0 Å². The molecule has 160 valence electrons. The third-order valence-electron chi connectivity index (χ3n) is 5.40. The van der Waals surface area contributed by atoms with E-state index >= 15 is 0 Å². The highest BCUT2D eigenvalue weighted by molar-refractivity contribution is 7.99. The van der Waals surface area contributed by atoms with Crippen LogP contribution in [0.15, 0.2) is 72.0 Å². The van der Waals surface area contributed by atoms with Crippen molar-refractivity contribution in [2.45, 2.75) is 24.4 Å². The van der Waals surface area contributed by atoms with Gasteiger partial charge in [0.1, 0.15) is 11.6 Å². The molecule has 4 rings (SSSR count). The number of aromatic nitrogens is 2. The molecular formula is C24H25FN4OS. The van der Waals surface area contributed by atoms with E-state index in [9.17, 15) is 9.18 Å². The smallest absolute Gasteiger partial charge is 0.234 e. The summed E-state index contributed by atoms with van der Waals surface area (Å²) < 4.78 is 13.7. The van der Waals surface area contributed by atoms with Crippen molar-refractivity contribution < 1.29 is 9.18 Å². The highest BCUT2D eigenvalue weighted by Gasteiger charge is 2.21. The van der Waals surface area contributed by atoms with Gasteiger partial charge in [0.25, 0.3) is 0 Å². The normalized spacial score (nSPS) is 14.4. The highest BCUT2D eigenvalue weighted by Crippen LogP contribution is 2.26. The van der Waals surface area contributed by atoms with Crippen molar-refractivity contribution >= 4 is 29.2 Å². The van der Waals surface area contributed by atoms with Gasteiger partial charge < -0.3 is 10.2 Å². The summed E-state index contributed by atoms with van der Waals surface area (Å²) in [4.78, 5) is 23.3. The minimum atomic E-state index is -0.449. The summed E-state index contributed by atoms with van der Waals surface area (Å²) >= 11 is 1.25. The standard InChI is InChI=1S/C24H25FN4OS/c25-20-8-4-5-9-21(20)27-23(30)17-31-24-26-13-10-22(28-24)29-14-11-19(12-15-29)16-18-6-2-1-3-7-18/h1-10,13,19H,11-12,14-17H2,(H,27,30). The summed E-state index contributed by atoms with van der Waals surface area (Å²) in [5, 5.41) is 3.13. The Kier molecular flexibility index (Phi) is 7.14. The summed E-state index contributed by atoms with van der Waals surface area (Å²) in [5.74, 6) is 0.971. The van der Waals surface area contributed by atoms with Crippen LogP contribution in [0.5, 0.6) is 0 Å². The van der Waals surface area contributed by atoms with Gasteiger partial charge in [0.15, 0.2) is 5.16 Å². The second-order valence-corrected chi connectivity index (χ2v) is 8.58. The summed E-state index contributed by atoms with van der Waals surface area (Å²) in [6.45, 7) is 1.93. The molecule has 0 atom stereocenters. The minimum absolute atomic E-state index is 0.122. The van der Waals surface area contributed by atoms with Gasteiger partial charge in [-0.1, -0.05) is 54.2 Å². The molecule has 0 spiro atoms. The quantitative estimate of drug-likeness (QED) is 0.426. The number of halogens is 1. The van der Waals surface area contributed by atoms with Crippen LogP contribution in [-0.4, -0.2) is 34.7 Å². The zero-order valence-corrected chi connectivity index (χ0v) is 18.0. The third kappa shape index (κ3) is 6.04. The van der Waals surface area contributed by atoms with Crippen LogP contribution in [0.25, 0.3) is 0 Å². The van der Waals surface area contributed by atoms with Crippen LogP contribution >= 0.6 is 11.8 Å². The first-order valence-corrected chi connectivity index (χ1v) is 11.4. The number of para-hydroxylation sites is 1. The average molecular weight is 437 g/mol.